The van der Waals surface area contributed by atoms with Crippen molar-refractivity contribution in [2.45, 2.75) is 25.4 Å². The molecule has 0 N–H and O–H groups in total. The van der Waals surface area contributed by atoms with Crippen LogP contribution in [0.5, 0.6) is 0 Å². The van der Waals surface area contributed by atoms with Crippen LogP contribution in [0.1, 0.15) is 19.8 Å². The highest BCUT2D eigenvalue weighted by Crippen LogP contribution is 2.22. The molecule has 0 rings (SSSR count). The van der Waals surface area contributed by atoms with Gasteiger partial charge in [-0.15, -0.1) is 0 Å². The number of rotatable bonds is 6. The molecule has 84 valence electrons. The third-order valence-corrected chi connectivity index (χ3v) is 1.62. The van der Waals surface area contributed by atoms with E-state index in [0.717, 1.165) is 12.5 Å². The number of esters is 2. The van der Waals surface area contributed by atoms with E-state index < -0.39 is 17.6 Å². The quantitative estimate of drug-likeness (QED) is 0.386. The molecule has 0 bridgehead atoms. The molecule has 0 unspecified atom stereocenters. The Kier molecular flexibility index (Phi) is 5.30. The zero-order valence-electron chi connectivity index (χ0n) is 8.49. The minimum atomic E-state index is -2.79. The normalized spacial score (nSPS) is 10.3. The fourth-order valence-electron chi connectivity index (χ4n) is 0.970. The van der Waals surface area contributed by atoms with Gasteiger partial charge in [-0.25, -0.2) is 14.0 Å². The largest absolute Gasteiger partial charge is 0.432 e. The first-order valence-electron chi connectivity index (χ1n) is 4.35. The van der Waals surface area contributed by atoms with E-state index in [4.69, 9.17) is 0 Å². The predicted octanol–water partition coefficient (Wildman–Crippen LogP) is 1.87. The molecule has 0 saturated carbocycles. The van der Waals surface area contributed by atoms with Crippen molar-refractivity contribution in [3.63, 3.8) is 0 Å². The highest BCUT2D eigenvalue weighted by atomic mass is 19.1. The summed E-state index contributed by atoms with van der Waals surface area (Å²) in [6.45, 7) is 7.82. The molecule has 0 aliphatic heterocycles. The summed E-state index contributed by atoms with van der Waals surface area (Å²) in [5.41, 5.74) is -2.79. The molecular weight excluding hydrogens is 203 g/mol. The Bertz CT molecular complexity index is 251. The van der Waals surface area contributed by atoms with Crippen LogP contribution in [0.4, 0.5) is 4.39 Å². The first-order chi connectivity index (χ1) is 7.02. The fraction of sp³-hybridized carbons (Fsp3) is 0.400. The number of hydrogen-bond donors (Lipinski definition) is 0. The van der Waals surface area contributed by atoms with Gasteiger partial charge in [0.15, 0.2) is 0 Å². The van der Waals surface area contributed by atoms with Crippen molar-refractivity contribution < 1.29 is 23.5 Å². The number of carbonyl (C=O) groups excluding carboxylic acids is 2. The summed E-state index contributed by atoms with van der Waals surface area (Å²) >= 11 is 0. The number of halogens is 1. The molecule has 0 radical (unpaired) electrons. The molecule has 0 aromatic heterocycles. The third kappa shape index (κ3) is 3.19. The van der Waals surface area contributed by atoms with Crippen LogP contribution in [0, 0.1) is 0 Å². The maximum atomic E-state index is 13.9. The molecule has 0 heterocycles. The van der Waals surface area contributed by atoms with Crippen molar-refractivity contribution in [2.24, 2.45) is 0 Å². The predicted molar refractivity (Wildman–Crippen MR) is 51.3 cm³/mol. The van der Waals surface area contributed by atoms with Gasteiger partial charge in [-0.2, -0.15) is 0 Å². The van der Waals surface area contributed by atoms with E-state index in [2.05, 4.69) is 22.6 Å². The highest BCUT2D eigenvalue weighted by Gasteiger charge is 2.48. The molecule has 0 spiro atoms. The summed E-state index contributed by atoms with van der Waals surface area (Å²) < 4.78 is 22.4. The van der Waals surface area contributed by atoms with Gasteiger partial charge >= 0.3 is 17.6 Å². The second-order valence-electron chi connectivity index (χ2n) is 2.70. The summed E-state index contributed by atoms with van der Waals surface area (Å²) in [5, 5.41) is 0. The van der Waals surface area contributed by atoms with Crippen molar-refractivity contribution in [1.82, 2.24) is 0 Å². The summed E-state index contributed by atoms with van der Waals surface area (Å²) in [6.07, 6.45) is 1.49. The standard InChI is InChI=1S/C10H13FO4/c1-4-7-10(11,8(12)14-5-2)9(13)15-6-3/h5-6H,2-4,7H2,1H3. The van der Waals surface area contributed by atoms with Gasteiger partial charge < -0.3 is 9.47 Å². The van der Waals surface area contributed by atoms with Gasteiger partial charge in [-0.3, -0.25) is 0 Å². The monoisotopic (exact) mass is 216 g/mol. The lowest BCUT2D eigenvalue weighted by Gasteiger charge is -2.18. The van der Waals surface area contributed by atoms with E-state index in [1.165, 1.54) is 0 Å². The first-order valence-corrected chi connectivity index (χ1v) is 4.35. The van der Waals surface area contributed by atoms with Gasteiger partial charge in [0.1, 0.15) is 0 Å². The lowest BCUT2D eigenvalue weighted by molar-refractivity contribution is -0.168. The molecule has 0 fully saturated rings. The van der Waals surface area contributed by atoms with E-state index in [1.54, 1.807) is 6.92 Å². The Hall–Kier alpha value is -1.65. The van der Waals surface area contributed by atoms with Crippen LogP contribution in [-0.4, -0.2) is 17.6 Å². The van der Waals surface area contributed by atoms with Gasteiger partial charge in [0.05, 0.1) is 12.5 Å². The molecule has 0 aliphatic rings. The van der Waals surface area contributed by atoms with E-state index in [1.807, 2.05) is 0 Å². The lowest BCUT2D eigenvalue weighted by atomic mass is 10.0. The Morgan fingerprint density at radius 3 is 1.93 bits per heavy atom. The Morgan fingerprint density at radius 2 is 1.67 bits per heavy atom. The Morgan fingerprint density at radius 1 is 1.27 bits per heavy atom. The number of ether oxygens (including phenoxy) is 2. The summed E-state index contributed by atoms with van der Waals surface area (Å²) in [6, 6.07) is 0. The summed E-state index contributed by atoms with van der Waals surface area (Å²) in [4.78, 5) is 22.3. The average Bonchev–Trinajstić information content (AvgIpc) is 2.18. The van der Waals surface area contributed by atoms with Crippen LogP contribution < -0.4 is 0 Å². The summed E-state index contributed by atoms with van der Waals surface area (Å²) in [5.74, 6) is -2.66. The molecule has 15 heavy (non-hydrogen) atoms. The number of hydrogen-bond acceptors (Lipinski definition) is 4. The van der Waals surface area contributed by atoms with Gasteiger partial charge in [0.25, 0.3) is 0 Å². The molecule has 0 aromatic rings. The molecule has 0 aliphatic carbocycles. The zero-order valence-corrected chi connectivity index (χ0v) is 8.49. The van der Waals surface area contributed by atoms with Crippen molar-refractivity contribution >= 4 is 11.9 Å². The maximum absolute atomic E-state index is 13.9. The van der Waals surface area contributed by atoms with Gasteiger partial charge in [0.2, 0.25) is 0 Å². The van der Waals surface area contributed by atoms with Crippen molar-refractivity contribution in [1.29, 1.82) is 0 Å². The third-order valence-electron chi connectivity index (χ3n) is 1.62. The smallest absolute Gasteiger partial charge is 0.360 e. The van der Waals surface area contributed by atoms with Crippen molar-refractivity contribution in [2.75, 3.05) is 0 Å². The Labute approximate surface area is 87.4 Å². The molecule has 5 heteroatoms. The molecule has 4 nitrogen and oxygen atoms in total. The van der Waals surface area contributed by atoms with Crippen LogP contribution in [0.15, 0.2) is 25.7 Å². The number of carbonyl (C=O) groups is 2. The number of alkyl halides is 1. The van der Waals surface area contributed by atoms with E-state index in [-0.39, 0.29) is 12.8 Å². The van der Waals surface area contributed by atoms with Crippen LogP contribution in [0.3, 0.4) is 0 Å². The van der Waals surface area contributed by atoms with Gasteiger partial charge in [-0.05, 0) is 0 Å². The van der Waals surface area contributed by atoms with Crippen LogP contribution in [0.2, 0.25) is 0 Å². The van der Waals surface area contributed by atoms with Crippen LogP contribution in [0.25, 0.3) is 0 Å². The summed E-state index contributed by atoms with van der Waals surface area (Å²) in [7, 11) is 0. The molecular formula is C10H13FO4. The topological polar surface area (TPSA) is 52.6 Å². The molecule has 0 saturated heterocycles. The second-order valence-corrected chi connectivity index (χ2v) is 2.70. The SMILES string of the molecule is C=COC(=O)C(F)(CCC)C(=O)OC=C. The fourth-order valence-corrected chi connectivity index (χ4v) is 0.970. The van der Waals surface area contributed by atoms with Gasteiger partial charge in [0, 0.05) is 6.42 Å². The van der Waals surface area contributed by atoms with Crippen molar-refractivity contribution in [3.8, 4) is 0 Å². The van der Waals surface area contributed by atoms with E-state index in [9.17, 15) is 14.0 Å². The zero-order chi connectivity index (χ0) is 11.9. The molecule has 0 atom stereocenters. The maximum Gasteiger partial charge on any atom is 0.360 e. The van der Waals surface area contributed by atoms with Crippen molar-refractivity contribution in [3.05, 3.63) is 25.7 Å². The van der Waals surface area contributed by atoms with Crippen LogP contribution in [-0.2, 0) is 19.1 Å². The Balaban J connectivity index is 4.85. The lowest BCUT2D eigenvalue weighted by Crippen LogP contribution is -2.43. The highest BCUT2D eigenvalue weighted by molar-refractivity contribution is 6.03. The van der Waals surface area contributed by atoms with Crippen LogP contribution >= 0.6 is 0 Å². The second kappa shape index (κ2) is 5.95. The minimum absolute atomic E-state index is 0.287. The molecule has 0 amide bonds. The average molecular weight is 216 g/mol. The first kappa shape index (κ1) is 13.4. The minimum Gasteiger partial charge on any atom is -0.432 e. The van der Waals surface area contributed by atoms with Gasteiger partial charge in [-0.1, -0.05) is 26.5 Å². The van der Waals surface area contributed by atoms with E-state index >= 15 is 0 Å². The molecule has 0 aromatic carbocycles. The van der Waals surface area contributed by atoms with E-state index in [0.29, 0.717) is 0 Å².